The fourth-order valence-electron chi connectivity index (χ4n) is 1.68. The van der Waals surface area contributed by atoms with Crippen molar-refractivity contribution in [3.63, 3.8) is 0 Å². The third-order valence-corrected chi connectivity index (χ3v) is 2.77. The lowest BCUT2D eigenvalue weighted by atomic mass is 10.2. The molecular weight excluding hydrogens is 212 g/mol. The zero-order valence-corrected chi connectivity index (χ0v) is 8.79. The molecule has 1 fully saturated rings. The van der Waals surface area contributed by atoms with Crippen LogP contribution in [0.15, 0.2) is 18.2 Å². The molecule has 1 aliphatic rings. The van der Waals surface area contributed by atoms with Crippen LogP contribution >= 0.6 is 11.6 Å². The second-order valence-corrected chi connectivity index (χ2v) is 3.83. The van der Waals surface area contributed by atoms with Gasteiger partial charge in [0.05, 0.1) is 10.6 Å². The molecule has 15 heavy (non-hydrogen) atoms. The first kappa shape index (κ1) is 10.0. The van der Waals surface area contributed by atoms with Crippen molar-refractivity contribution < 1.29 is 4.79 Å². The number of benzene rings is 1. The summed E-state index contributed by atoms with van der Waals surface area (Å²) >= 11 is 5.90. The van der Waals surface area contributed by atoms with Crippen molar-refractivity contribution in [1.29, 1.82) is 5.26 Å². The monoisotopic (exact) mass is 220 g/mol. The number of hydrogen-bond donors (Lipinski definition) is 0. The van der Waals surface area contributed by atoms with Gasteiger partial charge in [0, 0.05) is 18.7 Å². The average molecular weight is 221 g/mol. The van der Waals surface area contributed by atoms with Gasteiger partial charge >= 0.3 is 0 Å². The molecule has 1 amide bonds. The van der Waals surface area contributed by atoms with Crippen LogP contribution in [0.4, 0.5) is 5.69 Å². The maximum Gasteiger partial charge on any atom is 0.227 e. The molecule has 0 N–H and O–H groups in total. The molecule has 2 rings (SSSR count). The van der Waals surface area contributed by atoms with E-state index >= 15 is 0 Å². The smallest absolute Gasteiger partial charge is 0.227 e. The molecule has 0 aliphatic carbocycles. The van der Waals surface area contributed by atoms with Crippen molar-refractivity contribution >= 4 is 23.2 Å². The SMILES string of the molecule is N#Cc1ccc(N2CCCC2=O)cc1Cl. The summed E-state index contributed by atoms with van der Waals surface area (Å²) in [6.07, 6.45) is 1.48. The Hall–Kier alpha value is -1.53. The fourth-order valence-corrected chi connectivity index (χ4v) is 1.90. The second-order valence-electron chi connectivity index (χ2n) is 3.42. The van der Waals surface area contributed by atoms with E-state index < -0.39 is 0 Å². The summed E-state index contributed by atoms with van der Waals surface area (Å²) in [6.45, 7) is 0.737. The van der Waals surface area contributed by atoms with Gasteiger partial charge in [0.2, 0.25) is 5.91 Å². The van der Waals surface area contributed by atoms with Crippen LogP contribution in [0.1, 0.15) is 18.4 Å². The number of anilines is 1. The van der Waals surface area contributed by atoms with E-state index in [1.54, 1.807) is 23.1 Å². The molecule has 1 aromatic carbocycles. The van der Waals surface area contributed by atoms with Crippen molar-refractivity contribution in [1.82, 2.24) is 0 Å². The number of amides is 1. The highest BCUT2D eigenvalue weighted by atomic mass is 35.5. The minimum Gasteiger partial charge on any atom is -0.312 e. The highest BCUT2D eigenvalue weighted by Crippen LogP contribution is 2.26. The summed E-state index contributed by atoms with van der Waals surface area (Å²) in [5, 5.41) is 9.11. The lowest BCUT2D eigenvalue weighted by Crippen LogP contribution is -2.23. The Morgan fingerprint density at radius 1 is 1.47 bits per heavy atom. The Bertz CT molecular complexity index is 450. The summed E-state index contributed by atoms with van der Waals surface area (Å²) in [6, 6.07) is 7.06. The Labute approximate surface area is 92.9 Å². The van der Waals surface area contributed by atoms with E-state index in [-0.39, 0.29) is 5.91 Å². The molecular formula is C11H9ClN2O. The van der Waals surface area contributed by atoms with Crippen molar-refractivity contribution in [2.75, 3.05) is 11.4 Å². The molecule has 3 nitrogen and oxygen atoms in total. The third kappa shape index (κ3) is 1.81. The maximum atomic E-state index is 11.5. The van der Waals surface area contributed by atoms with E-state index in [1.807, 2.05) is 6.07 Å². The molecule has 4 heteroatoms. The molecule has 0 spiro atoms. The van der Waals surface area contributed by atoms with Gasteiger partial charge in [-0.05, 0) is 24.6 Å². The first-order valence-corrected chi connectivity index (χ1v) is 5.10. The van der Waals surface area contributed by atoms with Gasteiger partial charge in [-0.25, -0.2) is 0 Å². The van der Waals surface area contributed by atoms with Gasteiger partial charge in [0.25, 0.3) is 0 Å². The van der Waals surface area contributed by atoms with Crippen LogP contribution in [0.3, 0.4) is 0 Å². The fraction of sp³-hybridized carbons (Fsp3) is 0.273. The van der Waals surface area contributed by atoms with Crippen LogP contribution in [-0.2, 0) is 4.79 Å². The number of carbonyl (C=O) groups is 1. The minimum atomic E-state index is 0.121. The Morgan fingerprint density at radius 3 is 2.80 bits per heavy atom. The summed E-state index contributed by atoms with van der Waals surface area (Å²) in [5.74, 6) is 0.121. The quantitative estimate of drug-likeness (QED) is 0.729. The molecule has 0 aromatic heterocycles. The molecule has 1 heterocycles. The first-order valence-electron chi connectivity index (χ1n) is 4.72. The Morgan fingerprint density at radius 2 is 2.27 bits per heavy atom. The summed E-state index contributed by atoms with van der Waals surface area (Å²) in [4.78, 5) is 13.2. The van der Waals surface area contributed by atoms with E-state index in [9.17, 15) is 4.79 Å². The Kier molecular flexibility index (Phi) is 2.61. The number of nitriles is 1. The summed E-state index contributed by atoms with van der Waals surface area (Å²) in [5.41, 5.74) is 1.22. The zero-order valence-electron chi connectivity index (χ0n) is 8.03. The third-order valence-electron chi connectivity index (χ3n) is 2.46. The maximum absolute atomic E-state index is 11.5. The van der Waals surface area contributed by atoms with Crippen molar-refractivity contribution in [2.45, 2.75) is 12.8 Å². The van der Waals surface area contributed by atoms with Crippen LogP contribution in [0.5, 0.6) is 0 Å². The van der Waals surface area contributed by atoms with E-state index in [4.69, 9.17) is 16.9 Å². The van der Waals surface area contributed by atoms with E-state index in [0.717, 1.165) is 18.7 Å². The molecule has 0 saturated carbocycles. The second kappa shape index (κ2) is 3.92. The van der Waals surface area contributed by atoms with Crippen LogP contribution in [0, 0.1) is 11.3 Å². The van der Waals surface area contributed by atoms with E-state index in [0.29, 0.717) is 17.0 Å². The highest BCUT2D eigenvalue weighted by Gasteiger charge is 2.21. The number of halogens is 1. The highest BCUT2D eigenvalue weighted by molar-refractivity contribution is 6.32. The van der Waals surface area contributed by atoms with Gasteiger partial charge in [-0.3, -0.25) is 4.79 Å². The van der Waals surface area contributed by atoms with Gasteiger partial charge in [-0.2, -0.15) is 5.26 Å². The average Bonchev–Trinajstić information content (AvgIpc) is 2.64. The van der Waals surface area contributed by atoms with Crippen LogP contribution < -0.4 is 4.90 Å². The molecule has 1 aliphatic heterocycles. The molecule has 1 saturated heterocycles. The van der Waals surface area contributed by atoms with Crippen molar-refractivity contribution in [3.8, 4) is 6.07 Å². The van der Waals surface area contributed by atoms with Gasteiger partial charge < -0.3 is 4.90 Å². The molecule has 0 unspecified atom stereocenters. The first-order chi connectivity index (χ1) is 7.22. The summed E-state index contributed by atoms with van der Waals surface area (Å²) in [7, 11) is 0. The molecule has 0 atom stereocenters. The number of hydrogen-bond acceptors (Lipinski definition) is 2. The minimum absolute atomic E-state index is 0.121. The topological polar surface area (TPSA) is 44.1 Å². The number of nitrogens with zero attached hydrogens (tertiary/aromatic N) is 2. The normalized spacial score (nSPS) is 15.5. The molecule has 0 radical (unpaired) electrons. The van der Waals surface area contributed by atoms with Gasteiger partial charge in [-0.1, -0.05) is 11.6 Å². The lowest BCUT2D eigenvalue weighted by molar-refractivity contribution is -0.117. The Balaban J connectivity index is 2.34. The van der Waals surface area contributed by atoms with E-state index in [2.05, 4.69) is 0 Å². The van der Waals surface area contributed by atoms with Gasteiger partial charge in [-0.15, -0.1) is 0 Å². The lowest BCUT2D eigenvalue weighted by Gasteiger charge is -2.15. The van der Waals surface area contributed by atoms with Crippen LogP contribution in [-0.4, -0.2) is 12.5 Å². The van der Waals surface area contributed by atoms with Gasteiger partial charge in [0.15, 0.2) is 0 Å². The number of rotatable bonds is 1. The zero-order chi connectivity index (χ0) is 10.8. The van der Waals surface area contributed by atoms with Crippen molar-refractivity contribution in [3.05, 3.63) is 28.8 Å². The standard InChI is InChI=1S/C11H9ClN2O/c12-10-6-9(4-3-8(10)7-13)14-5-1-2-11(14)15/h3-4,6H,1-2,5H2. The predicted molar refractivity (Wildman–Crippen MR) is 57.8 cm³/mol. The van der Waals surface area contributed by atoms with Crippen LogP contribution in [0.25, 0.3) is 0 Å². The molecule has 1 aromatic rings. The number of carbonyl (C=O) groups excluding carboxylic acids is 1. The van der Waals surface area contributed by atoms with Crippen molar-refractivity contribution in [2.24, 2.45) is 0 Å². The van der Waals surface area contributed by atoms with E-state index in [1.165, 1.54) is 0 Å². The summed E-state index contributed by atoms with van der Waals surface area (Å²) < 4.78 is 0. The molecule has 76 valence electrons. The van der Waals surface area contributed by atoms with Gasteiger partial charge in [0.1, 0.15) is 6.07 Å². The molecule has 0 bridgehead atoms. The predicted octanol–water partition coefficient (Wildman–Crippen LogP) is 2.34. The largest absolute Gasteiger partial charge is 0.312 e. The van der Waals surface area contributed by atoms with Crippen LogP contribution in [0.2, 0.25) is 5.02 Å².